The fraction of sp³-hybridized carbons (Fsp3) is 0.889. The van der Waals surface area contributed by atoms with Gasteiger partial charge in [0, 0.05) is 24.7 Å². The van der Waals surface area contributed by atoms with Crippen molar-refractivity contribution in [3.63, 3.8) is 0 Å². The molecule has 0 aliphatic rings. The third-order valence-electron chi connectivity index (χ3n) is 2.12. The van der Waals surface area contributed by atoms with E-state index in [0.29, 0.717) is 19.6 Å². The lowest BCUT2D eigenvalue weighted by Gasteiger charge is -2.12. The molecule has 0 aromatic rings. The van der Waals surface area contributed by atoms with E-state index < -0.39 is 21.0 Å². The van der Waals surface area contributed by atoms with Crippen molar-refractivity contribution in [2.24, 2.45) is 0 Å². The Morgan fingerprint density at radius 1 is 1.50 bits per heavy atom. The number of alkyl halides is 1. The quantitative estimate of drug-likeness (QED) is 0.687. The highest BCUT2D eigenvalue weighted by Crippen LogP contribution is 2.04. The van der Waals surface area contributed by atoms with Crippen molar-refractivity contribution in [1.29, 1.82) is 0 Å². The lowest BCUT2D eigenvalue weighted by atomic mass is 10.3. The summed E-state index contributed by atoms with van der Waals surface area (Å²) in [5.41, 5.74) is 0. The van der Waals surface area contributed by atoms with Gasteiger partial charge < -0.3 is 10.1 Å². The number of halogens is 1. The molecule has 5 nitrogen and oxygen atoms in total. The summed E-state index contributed by atoms with van der Waals surface area (Å²) in [4.78, 5) is 11.6. The molecular formula is C9H18BrNO4S. The van der Waals surface area contributed by atoms with Gasteiger partial charge in [-0.2, -0.15) is 0 Å². The minimum absolute atomic E-state index is 0.159. The summed E-state index contributed by atoms with van der Waals surface area (Å²) in [6.07, 6.45) is 1.74. The highest BCUT2D eigenvalue weighted by molar-refractivity contribution is 9.09. The van der Waals surface area contributed by atoms with Crippen LogP contribution < -0.4 is 5.32 Å². The van der Waals surface area contributed by atoms with E-state index in [-0.39, 0.29) is 4.83 Å². The highest BCUT2D eigenvalue weighted by atomic mass is 79.9. The van der Waals surface area contributed by atoms with Gasteiger partial charge in [-0.3, -0.25) is 4.79 Å². The molecule has 0 saturated heterocycles. The van der Waals surface area contributed by atoms with Gasteiger partial charge in [-0.05, 0) is 13.3 Å². The first-order valence-corrected chi connectivity index (χ1v) is 7.75. The maximum atomic E-state index is 11.4. The van der Waals surface area contributed by atoms with Gasteiger partial charge in [-0.25, -0.2) is 8.42 Å². The number of hydrogen-bond acceptors (Lipinski definition) is 4. The van der Waals surface area contributed by atoms with E-state index in [9.17, 15) is 13.2 Å². The van der Waals surface area contributed by atoms with Gasteiger partial charge >= 0.3 is 0 Å². The summed E-state index contributed by atoms with van der Waals surface area (Å²) in [5, 5.41) is 1.58. The molecule has 0 aliphatic heterocycles. The second kappa shape index (κ2) is 7.24. The van der Waals surface area contributed by atoms with Gasteiger partial charge in [-0.15, -0.1) is 0 Å². The van der Waals surface area contributed by atoms with E-state index in [4.69, 9.17) is 4.74 Å². The molecule has 0 bridgehead atoms. The van der Waals surface area contributed by atoms with Crippen LogP contribution in [0.5, 0.6) is 0 Å². The fourth-order valence-electron chi connectivity index (χ4n) is 0.954. The topological polar surface area (TPSA) is 72.5 Å². The molecule has 0 rings (SSSR count). The van der Waals surface area contributed by atoms with Crippen LogP contribution in [-0.4, -0.2) is 50.9 Å². The maximum absolute atomic E-state index is 11.4. The second-order valence-electron chi connectivity index (χ2n) is 3.60. The van der Waals surface area contributed by atoms with Gasteiger partial charge in [0.05, 0.1) is 6.61 Å². The summed E-state index contributed by atoms with van der Waals surface area (Å²) in [6.45, 7) is 2.36. The second-order valence-corrected chi connectivity index (χ2v) is 7.27. The van der Waals surface area contributed by atoms with E-state index in [1.54, 1.807) is 7.11 Å². The number of rotatable bonds is 7. The van der Waals surface area contributed by atoms with Crippen LogP contribution in [0.2, 0.25) is 0 Å². The molecule has 1 N–H and O–H groups in total. The predicted molar refractivity (Wildman–Crippen MR) is 66.5 cm³/mol. The molecule has 96 valence electrons. The number of amides is 1. The average molecular weight is 316 g/mol. The lowest BCUT2D eigenvalue weighted by molar-refractivity contribution is -0.120. The first kappa shape index (κ1) is 15.9. The molecule has 0 aliphatic carbocycles. The van der Waals surface area contributed by atoms with Crippen LogP contribution in [0.3, 0.4) is 0 Å². The van der Waals surface area contributed by atoms with Crippen molar-refractivity contribution in [1.82, 2.24) is 5.32 Å². The zero-order valence-corrected chi connectivity index (χ0v) is 12.1. The molecule has 0 saturated carbocycles. The molecule has 2 atom stereocenters. The number of hydrogen-bond donors (Lipinski definition) is 1. The van der Waals surface area contributed by atoms with Gasteiger partial charge in [0.25, 0.3) is 0 Å². The Kier molecular flexibility index (Phi) is 7.17. The third kappa shape index (κ3) is 6.44. The molecule has 1 amide bonds. The van der Waals surface area contributed by atoms with Crippen molar-refractivity contribution in [2.45, 2.75) is 23.4 Å². The Labute approximate surface area is 105 Å². The van der Waals surface area contributed by atoms with Crippen molar-refractivity contribution in [2.75, 3.05) is 26.5 Å². The minimum atomic E-state index is -3.31. The van der Waals surface area contributed by atoms with E-state index in [1.165, 1.54) is 6.92 Å². The van der Waals surface area contributed by atoms with E-state index >= 15 is 0 Å². The predicted octanol–water partition coefficient (Wildman–Crippen LogP) is 0.336. The number of nitrogens with one attached hydrogen (secondary N) is 1. The summed E-state index contributed by atoms with van der Waals surface area (Å²) < 4.78 is 27.1. The standard InChI is InChI=1S/C9H18BrNO4S/c1-7(16(3,13)14)9(12)11-5-4-8(10)6-15-2/h7-8H,4-6H2,1-3H3,(H,11,12). The van der Waals surface area contributed by atoms with E-state index in [0.717, 1.165) is 6.26 Å². The van der Waals surface area contributed by atoms with Crippen LogP contribution in [0, 0.1) is 0 Å². The number of carbonyl (C=O) groups is 1. The Hall–Kier alpha value is -0.140. The molecule has 0 fully saturated rings. The van der Waals surface area contributed by atoms with Crippen LogP contribution in [-0.2, 0) is 19.4 Å². The number of ether oxygens (including phenoxy) is 1. The molecule has 2 unspecified atom stereocenters. The fourth-order valence-corrected chi connectivity index (χ4v) is 1.92. The van der Waals surface area contributed by atoms with E-state index in [1.807, 2.05) is 0 Å². The summed E-state index contributed by atoms with van der Waals surface area (Å²) in [5.74, 6) is -0.459. The number of carbonyl (C=O) groups excluding carboxylic acids is 1. The Bertz CT molecular complexity index is 317. The molecule has 7 heteroatoms. The van der Waals surface area contributed by atoms with Gasteiger partial charge in [0.2, 0.25) is 5.91 Å². The molecule has 0 heterocycles. The van der Waals surface area contributed by atoms with Crippen molar-refractivity contribution < 1.29 is 17.9 Å². The van der Waals surface area contributed by atoms with Gasteiger partial charge in [0.1, 0.15) is 5.25 Å². The first-order valence-electron chi connectivity index (χ1n) is 4.88. The largest absolute Gasteiger partial charge is 0.384 e. The van der Waals surface area contributed by atoms with Gasteiger partial charge in [0.15, 0.2) is 9.84 Å². The van der Waals surface area contributed by atoms with Gasteiger partial charge in [-0.1, -0.05) is 15.9 Å². The monoisotopic (exact) mass is 315 g/mol. The Balaban J connectivity index is 3.91. The molecule has 0 aromatic carbocycles. The lowest BCUT2D eigenvalue weighted by Crippen LogP contribution is -2.38. The highest BCUT2D eigenvalue weighted by Gasteiger charge is 2.22. The summed E-state index contributed by atoms with van der Waals surface area (Å²) in [6, 6.07) is 0. The average Bonchev–Trinajstić information content (AvgIpc) is 2.15. The van der Waals surface area contributed by atoms with Crippen molar-refractivity contribution in [3.05, 3.63) is 0 Å². The number of sulfone groups is 1. The molecule has 0 spiro atoms. The molecule has 0 radical (unpaired) electrons. The SMILES string of the molecule is COCC(Br)CCNC(=O)C(C)S(C)(=O)=O. The minimum Gasteiger partial charge on any atom is -0.384 e. The smallest absolute Gasteiger partial charge is 0.238 e. The van der Waals surface area contributed by atoms with Crippen LogP contribution >= 0.6 is 15.9 Å². The van der Waals surface area contributed by atoms with Crippen LogP contribution in [0.1, 0.15) is 13.3 Å². The molecular weight excluding hydrogens is 298 g/mol. The third-order valence-corrected chi connectivity index (χ3v) is 4.34. The van der Waals surface area contributed by atoms with Crippen molar-refractivity contribution >= 4 is 31.7 Å². The molecule has 0 aromatic heterocycles. The normalized spacial score (nSPS) is 15.5. The van der Waals surface area contributed by atoms with E-state index in [2.05, 4.69) is 21.2 Å². The first-order chi connectivity index (χ1) is 7.29. The van der Waals surface area contributed by atoms with Crippen LogP contribution in [0.25, 0.3) is 0 Å². The zero-order chi connectivity index (χ0) is 12.8. The van der Waals surface area contributed by atoms with Crippen LogP contribution in [0.15, 0.2) is 0 Å². The summed E-state index contributed by atoms with van der Waals surface area (Å²) in [7, 11) is -1.72. The number of methoxy groups -OCH3 is 1. The summed E-state index contributed by atoms with van der Waals surface area (Å²) >= 11 is 3.37. The Morgan fingerprint density at radius 3 is 2.50 bits per heavy atom. The maximum Gasteiger partial charge on any atom is 0.238 e. The van der Waals surface area contributed by atoms with Crippen LogP contribution in [0.4, 0.5) is 0 Å². The zero-order valence-electron chi connectivity index (χ0n) is 9.70. The van der Waals surface area contributed by atoms with Crippen molar-refractivity contribution in [3.8, 4) is 0 Å². The molecule has 16 heavy (non-hydrogen) atoms. The Morgan fingerprint density at radius 2 is 2.06 bits per heavy atom.